The van der Waals surface area contributed by atoms with Gasteiger partial charge < -0.3 is 10.2 Å². The van der Waals surface area contributed by atoms with E-state index in [1.54, 1.807) is 4.90 Å². The van der Waals surface area contributed by atoms with Crippen molar-refractivity contribution >= 4 is 17.5 Å². The number of carbonyl (C=O) groups excluding carboxylic acids is 2. The van der Waals surface area contributed by atoms with E-state index < -0.39 is 0 Å². The van der Waals surface area contributed by atoms with Gasteiger partial charge >= 0.3 is 0 Å². The number of nitrogens with one attached hydrogen (secondary N) is 1. The minimum absolute atomic E-state index is 0.0357. The smallest absolute Gasteiger partial charge is 0.227 e. The van der Waals surface area contributed by atoms with Crippen molar-refractivity contribution in [2.75, 3.05) is 11.4 Å². The minimum atomic E-state index is -0.200. The Morgan fingerprint density at radius 3 is 2.60 bits per heavy atom. The average Bonchev–Trinajstić information content (AvgIpc) is 3.19. The van der Waals surface area contributed by atoms with Crippen LogP contribution >= 0.6 is 0 Å². The molecule has 1 atom stereocenters. The molecular formula is C16H20N2O2. The number of carbonyl (C=O) groups is 2. The maximum Gasteiger partial charge on any atom is 0.227 e. The van der Waals surface area contributed by atoms with E-state index >= 15 is 0 Å². The first-order chi connectivity index (χ1) is 9.67. The highest BCUT2D eigenvalue weighted by atomic mass is 16.2. The third kappa shape index (κ3) is 2.69. The van der Waals surface area contributed by atoms with Gasteiger partial charge in [0.05, 0.1) is 5.92 Å². The van der Waals surface area contributed by atoms with Crippen LogP contribution in [0.1, 0.15) is 31.7 Å². The highest BCUT2D eigenvalue weighted by Gasteiger charge is 2.36. The molecule has 0 unspecified atom stereocenters. The van der Waals surface area contributed by atoms with E-state index in [0.29, 0.717) is 19.0 Å². The van der Waals surface area contributed by atoms with Gasteiger partial charge in [-0.3, -0.25) is 9.59 Å². The van der Waals surface area contributed by atoms with Gasteiger partial charge in [-0.15, -0.1) is 0 Å². The molecule has 0 radical (unpaired) electrons. The summed E-state index contributed by atoms with van der Waals surface area (Å²) in [6.45, 7) is 2.61. The zero-order valence-corrected chi connectivity index (χ0v) is 11.8. The van der Waals surface area contributed by atoms with Crippen molar-refractivity contribution in [3.05, 3.63) is 29.8 Å². The third-order valence-electron chi connectivity index (χ3n) is 4.08. The highest BCUT2D eigenvalue weighted by Crippen LogP contribution is 2.27. The number of aryl methyl sites for hydroxylation is 1. The van der Waals surface area contributed by atoms with Crippen molar-refractivity contribution in [2.45, 2.75) is 38.6 Å². The molecule has 1 aliphatic carbocycles. The predicted octanol–water partition coefficient (Wildman–Crippen LogP) is 1.88. The van der Waals surface area contributed by atoms with Crippen molar-refractivity contribution in [1.29, 1.82) is 0 Å². The molecule has 1 aromatic rings. The fourth-order valence-electron chi connectivity index (χ4n) is 2.59. The molecule has 1 heterocycles. The molecule has 1 aliphatic heterocycles. The second kappa shape index (κ2) is 5.27. The van der Waals surface area contributed by atoms with Crippen LogP contribution in [0.5, 0.6) is 0 Å². The summed E-state index contributed by atoms with van der Waals surface area (Å²) in [5.74, 6) is -0.118. The molecule has 2 amide bonds. The first-order valence-corrected chi connectivity index (χ1v) is 7.37. The fraction of sp³-hybridized carbons (Fsp3) is 0.500. The third-order valence-corrected chi connectivity index (χ3v) is 4.08. The molecule has 106 valence electrons. The number of amides is 2. The van der Waals surface area contributed by atoms with Gasteiger partial charge in [-0.1, -0.05) is 19.1 Å². The SMILES string of the molecule is CCc1ccc(N2C[C@H](C(=O)NC3CC3)CC2=O)cc1. The number of benzene rings is 1. The monoisotopic (exact) mass is 272 g/mol. The quantitative estimate of drug-likeness (QED) is 0.910. The second-order valence-electron chi connectivity index (χ2n) is 5.71. The molecule has 1 saturated carbocycles. The van der Waals surface area contributed by atoms with E-state index in [2.05, 4.69) is 12.2 Å². The number of anilines is 1. The van der Waals surface area contributed by atoms with Crippen LogP contribution in [0.4, 0.5) is 5.69 Å². The Morgan fingerprint density at radius 2 is 2.00 bits per heavy atom. The molecule has 0 spiro atoms. The maximum absolute atomic E-state index is 12.1. The summed E-state index contributed by atoms with van der Waals surface area (Å²) in [5.41, 5.74) is 2.15. The molecular weight excluding hydrogens is 252 g/mol. The summed E-state index contributed by atoms with van der Waals surface area (Å²) in [4.78, 5) is 25.9. The predicted molar refractivity (Wildman–Crippen MR) is 77.4 cm³/mol. The standard InChI is InChI=1S/C16H20N2O2/c1-2-11-3-7-14(8-4-11)18-10-12(9-15(18)19)16(20)17-13-5-6-13/h3-4,7-8,12-13H,2,5-6,9-10H2,1H3,(H,17,20)/t12-/m1/s1. The van der Waals surface area contributed by atoms with Gasteiger partial charge in [0.1, 0.15) is 0 Å². The van der Waals surface area contributed by atoms with Crippen LogP contribution in [0.25, 0.3) is 0 Å². The summed E-state index contributed by atoms with van der Waals surface area (Å²) < 4.78 is 0. The van der Waals surface area contributed by atoms with Gasteiger partial charge in [-0.05, 0) is 37.0 Å². The van der Waals surface area contributed by atoms with Crippen LogP contribution in [0.15, 0.2) is 24.3 Å². The number of rotatable bonds is 4. The molecule has 1 aromatic carbocycles. The lowest BCUT2D eigenvalue weighted by Gasteiger charge is -2.17. The Labute approximate surface area is 119 Å². The Kier molecular flexibility index (Phi) is 3.47. The topological polar surface area (TPSA) is 49.4 Å². The number of hydrogen-bond acceptors (Lipinski definition) is 2. The molecule has 4 nitrogen and oxygen atoms in total. The van der Waals surface area contributed by atoms with Gasteiger partial charge in [-0.25, -0.2) is 0 Å². The van der Waals surface area contributed by atoms with Crippen molar-refractivity contribution < 1.29 is 9.59 Å². The van der Waals surface area contributed by atoms with Crippen LogP contribution in [-0.4, -0.2) is 24.4 Å². The van der Waals surface area contributed by atoms with E-state index in [1.807, 2.05) is 24.3 Å². The summed E-state index contributed by atoms with van der Waals surface area (Å²) in [5, 5.41) is 2.99. The molecule has 2 fully saturated rings. The summed E-state index contributed by atoms with van der Waals surface area (Å²) in [6.07, 6.45) is 3.47. The van der Waals surface area contributed by atoms with Gasteiger partial charge in [-0.2, -0.15) is 0 Å². The lowest BCUT2D eigenvalue weighted by molar-refractivity contribution is -0.126. The van der Waals surface area contributed by atoms with Crippen LogP contribution in [-0.2, 0) is 16.0 Å². The molecule has 2 aliphatic rings. The zero-order chi connectivity index (χ0) is 14.1. The van der Waals surface area contributed by atoms with E-state index in [0.717, 1.165) is 24.9 Å². The first kappa shape index (κ1) is 13.2. The molecule has 1 saturated heterocycles. The molecule has 4 heteroatoms. The van der Waals surface area contributed by atoms with E-state index in [1.165, 1.54) is 5.56 Å². The van der Waals surface area contributed by atoms with Gasteiger partial charge in [0.15, 0.2) is 0 Å². The van der Waals surface area contributed by atoms with Crippen LogP contribution in [0.2, 0.25) is 0 Å². The lowest BCUT2D eigenvalue weighted by atomic mass is 10.1. The van der Waals surface area contributed by atoms with Crippen molar-refractivity contribution in [3.63, 3.8) is 0 Å². The van der Waals surface area contributed by atoms with Crippen molar-refractivity contribution in [2.24, 2.45) is 5.92 Å². The van der Waals surface area contributed by atoms with Crippen LogP contribution in [0.3, 0.4) is 0 Å². The minimum Gasteiger partial charge on any atom is -0.353 e. The van der Waals surface area contributed by atoms with Gasteiger partial charge in [0, 0.05) is 24.7 Å². The number of hydrogen-bond donors (Lipinski definition) is 1. The Balaban J connectivity index is 1.67. The van der Waals surface area contributed by atoms with E-state index in [9.17, 15) is 9.59 Å². The van der Waals surface area contributed by atoms with Crippen LogP contribution < -0.4 is 10.2 Å². The van der Waals surface area contributed by atoms with Crippen LogP contribution in [0, 0.1) is 5.92 Å². The van der Waals surface area contributed by atoms with Gasteiger partial charge in [0.2, 0.25) is 11.8 Å². The Hall–Kier alpha value is -1.84. The molecule has 20 heavy (non-hydrogen) atoms. The average molecular weight is 272 g/mol. The summed E-state index contributed by atoms with van der Waals surface area (Å²) in [7, 11) is 0. The fourth-order valence-corrected chi connectivity index (χ4v) is 2.59. The second-order valence-corrected chi connectivity index (χ2v) is 5.71. The summed E-state index contributed by atoms with van der Waals surface area (Å²) >= 11 is 0. The normalized spacial score (nSPS) is 22.1. The van der Waals surface area contributed by atoms with E-state index in [-0.39, 0.29) is 17.7 Å². The van der Waals surface area contributed by atoms with Crippen molar-refractivity contribution in [1.82, 2.24) is 5.32 Å². The largest absolute Gasteiger partial charge is 0.353 e. The highest BCUT2D eigenvalue weighted by molar-refractivity contribution is 6.00. The first-order valence-electron chi connectivity index (χ1n) is 7.37. The number of nitrogens with zero attached hydrogens (tertiary/aromatic N) is 1. The Bertz CT molecular complexity index is 520. The summed E-state index contributed by atoms with van der Waals surface area (Å²) in [6, 6.07) is 8.38. The maximum atomic E-state index is 12.1. The van der Waals surface area contributed by atoms with Crippen molar-refractivity contribution in [3.8, 4) is 0 Å². The zero-order valence-electron chi connectivity index (χ0n) is 11.8. The van der Waals surface area contributed by atoms with E-state index in [4.69, 9.17) is 0 Å². The molecule has 0 aromatic heterocycles. The molecule has 3 rings (SSSR count). The lowest BCUT2D eigenvalue weighted by Crippen LogP contribution is -2.34. The van der Waals surface area contributed by atoms with Gasteiger partial charge in [0.25, 0.3) is 0 Å². The Morgan fingerprint density at radius 1 is 1.30 bits per heavy atom. The molecule has 1 N–H and O–H groups in total. The molecule has 0 bridgehead atoms.